The normalized spacial score (nSPS) is 12.6. The summed E-state index contributed by atoms with van der Waals surface area (Å²) in [6, 6.07) is 8.15. The second-order valence-electron chi connectivity index (χ2n) is 4.24. The fourth-order valence-electron chi connectivity index (χ4n) is 1.78. The Kier molecular flexibility index (Phi) is 4.44. The molecule has 102 valence electrons. The van der Waals surface area contributed by atoms with E-state index >= 15 is 0 Å². The van der Waals surface area contributed by atoms with Gasteiger partial charge in [0.2, 0.25) is 0 Å². The SMILES string of the molecule is CC[C@@H](N)c1ccc(Sc2n[nH]c(=O)n2CC)cc1. The molecule has 1 aromatic heterocycles. The Morgan fingerprint density at radius 2 is 2.05 bits per heavy atom. The molecule has 0 aliphatic rings. The van der Waals surface area contributed by atoms with Crippen LogP contribution in [0, 0.1) is 0 Å². The molecular weight excluding hydrogens is 260 g/mol. The molecule has 2 rings (SSSR count). The van der Waals surface area contributed by atoms with Gasteiger partial charge in [-0.15, -0.1) is 5.10 Å². The molecule has 0 aliphatic heterocycles. The lowest BCUT2D eigenvalue weighted by atomic mass is 10.1. The number of benzene rings is 1. The third kappa shape index (κ3) is 3.08. The zero-order valence-corrected chi connectivity index (χ0v) is 11.9. The van der Waals surface area contributed by atoms with Crippen molar-refractivity contribution in [2.24, 2.45) is 5.73 Å². The Labute approximate surface area is 116 Å². The zero-order valence-electron chi connectivity index (χ0n) is 11.1. The molecular formula is C13H18N4OS. The van der Waals surface area contributed by atoms with Gasteiger partial charge in [0.15, 0.2) is 5.16 Å². The molecule has 2 aromatic rings. The molecule has 0 saturated heterocycles. The van der Waals surface area contributed by atoms with Gasteiger partial charge in [0.25, 0.3) is 0 Å². The minimum atomic E-state index is -0.172. The van der Waals surface area contributed by atoms with Crippen LogP contribution in [0.25, 0.3) is 0 Å². The molecule has 0 aliphatic carbocycles. The lowest BCUT2D eigenvalue weighted by molar-refractivity contribution is 0.660. The minimum Gasteiger partial charge on any atom is -0.324 e. The number of H-pyrrole nitrogens is 1. The first-order valence-corrected chi connectivity index (χ1v) is 7.16. The van der Waals surface area contributed by atoms with Crippen molar-refractivity contribution in [1.82, 2.24) is 14.8 Å². The van der Waals surface area contributed by atoms with Crippen molar-refractivity contribution in [1.29, 1.82) is 0 Å². The van der Waals surface area contributed by atoms with Crippen molar-refractivity contribution in [2.45, 2.75) is 42.9 Å². The second-order valence-corrected chi connectivity index (χ2v) is 5.28. The van der Waals surface area contributed by atoms with E-state index in [0.29, 0.717) is 11.7 Å². The maximum absolute atomic E-state index is 11.5. The Hall–Kier alpha value is -1.53. The predicted molar refractivity (Wildman–Crippen MR) is 76.3 cm³/mol. The van der Waals surface area contributed by atoms with Crippen LogP contribution in [0.2, 0.25) is 0 Å². The van der Waals surface area contributed by atoms with Crippen LogP contribution in [0.3, 0.4) is 0 Å². The Morgan fingerprint density at radius 1 is 1.37 bits per heavy atom. The van der Waals surface area contributed by atoms with Gasteiger partial charge in [0.1, 0.15) is 0 Å². The molecule has 5 nitrogen and oxygen atoms in total. The van der Waals surface area contributed by atoms with Crippen LogP contribution in [0.1, 0.15) is 31.9 Å². The first-order valence-electron chi connectivity index (χ1n) is 6.34. The molecule has 0 amide bonds. The maximum Gasteiger partial charge on any atom is 0.343 e. The smallest absolute Gasteiger partial charge is 0.324 e. The standard InChI is InChI=1S/C13H18N4OS/c1-3-11(14)9-5-7-10(8-6-9)19-13-16-15-12(18)17(13)4-2/h5-8,11H,3-4,14H2,1-2H3,(H,15,18)/t11-/m1/s1. The monoisotopic (exact) mass is 278 g/mol. The Balaban J connectivity index is 2.17. The highest BCUT2D eigenvalue weighted by Crippen LogP contribution is 2.26. The van der Waals surface area contributed by atoms with E-state index in [9.17, 15) is 4.79 Å². The fraction of sp³-hybridized carbons (Fsp3) is 0.385. The number of aromatic nitrogens is 3. The molecule has 0 radical (unpaired) electrons. The largest absolute Gasteiger partial charge is 0.343 e. The molecule has 0 saturated carbocycles. The van der Waals surface area contributed by atoms with E-state index in [2.05, 4.69) is 17.1 Å². The zero-order chi connectivity index (χ0) is 13.8. The molecule has 0 bridgehead atoms. The summed E-state index contributed by atoms with van der Waals surface area (Å²) in [6.45, 7) is 4.60. The average molecular weight is 278 g/mol. The number of nitrogens with two attached hydrogens (primary N) is 1. The molecule has 0 unspecified atom stereocenters. The number of nitrogens with zero attached hydrogens (tertiary/aromatic N) is 2. The van der Waals surface area contributed by atoms with Gasteiger partial charge in [0, 0.05) is 17.5 Å². The van der Waals surface area contributed by atoms with E-state index in [1.165, 1.54) is 11.8 Å². The summed E-state index contributed by atoms with van der Waals surface area (Å²) in [5, 5.41) is 7.16. The van der Waals surface area contributed by atoms with E-state index in [0.717, 1.165) is 16.9 Å². The summed E-state index contributed by atoms with van der Waals surface area (Å²) in [4.78, 5) is 12.5. The van der Waals surface area contributed by atoms with Crippen LogP contribution < -0.4 is 11.4 Å². The molecule has 1 aromatic carbocycles. The quantitative estimate of drug-likeness (QED) is 0.878. The summed E-state index contributed by atoms with van der Waals surface area (Å²) >= 11 is 1.47. The molecule has 6 heteroatoms. The van der Waals surface area contributed by atoms with Crippen LogP contribution in [0.5, 0.6) is 0 Å². The number of hydrogen-bond donors (Lipinski definition) is 2. The van der Waals surface area contributed by atoms with E-state index in [4.69, 9.17) is 5.73 Å². The molecule has 0 spiro atoms. The lowest BCUT2D eigenvalue weighted by Gasteiger charge is -2.09. The van der Waals surface area contributed by atoms with Gasteiger partial charge in [-0.2, -0.15) is 0 Å². The van der Waals surface area contributed by atoms with Crippen molar-refractivity contribution in [2.75, 3.05) is 0 Å². The number of aromatic amines is 1. The number of rotatable bonds is 5. The van der Waals surface area contributed by atoms with Crippen molar-refractivity contribution >= 4 is 11.8 Å². The third-order valence-electron chi connectivity index (χ3n) is 3.00. The molecule has 0 fully saturated rings. The van der Waals surface area contributed by atoms with E-state index in [1.807, 2.05) is 31.2 Å². The van der Waals surface area contributed by atoms with Crippen molar-refractivity contribution in [3.8, 4) is 0 Å². The van der Waals surface area contributed by atoms with Gasteiger partial charge >= 0.3 is 5.69 Å². The fourth-order valence-corrected chi connectivity index (χ4v) is 2.68. The maximum atomic E-state index is 11.5. The van der Waals surface area contributed by atoms with Gasteiger partial charge in [-0.1, -0.05) is 19.1 Å². The summed E-state index contributed by atoms with van der Waals surface area (Å²) in [7, 11) is 0. The Bertz CT molecular complexity index is 587. The van der Waals surface area contributed by atoms with Crippen LogP contribution in [0.15, 0.2) is 39.1 Å². The number of nitrogens with one attached hydrogen (secondary N) is 1. The van der Waals surface area contributed by atoms with Gasteiger partial charge in [-0.05, 0) is 42.8 Å². The first-order chi connectivity index (χ1) is 9.15. The van der Waals surface area contributed by atoms with Gasteiger partial charge in [0.05, 0.1) is 0 Å². The topological polar surface area (TPSA) is 76.7 Å². The second kappa shape index (κ2) is 6.08. The average Bonchev–Trinajstić information content (AvgIpc) is 2.79. The third-order valence-corrected chi connectivity index (χ3v) is 4.00. The van der Waals surface area contributed by atoms with Crippen LogP contribution in [0.4, 0.5) is 0 Å². The lowest BCUT2D eigenvalue weighted by Crippen LogP contribution is -2.15. The van der Waals surface area contributed by atoms with E-state index in [-0.39, 0.29) is 11.7 Å². The van der Waals surface area contributed by atoms with Crippen molar-refractivity contribution in [3.63, 3.8) is 0 Å². The summed E-state index contributed by atoms with van der Waals surface area (Å²) < 4.78 is 1.61. The summed E-state index contributed by atoms with van der Waals surface area (Å²) in [5.74, 6) is 0. The highest BCUT2D eigenvalue weighted by molar-refractivity contribution is 7.99. The Morgan fingerprint density at radius 3 is 2.63 bits per heavy atom. The highest BCUT2D eigenvalue weighted by atomic mass is 32.2. The van der Waals surface area contributed by atoms with Crippen molar-refractivity contribution < 1.29 is 0 Å². The van der Waals surface area contributed by atoms with E-state index < -0.39 is 0 Å². The summed E-state index contributed by atoms with van der Waals surface area (Å²) in [5.41, 5.74) is 6.93. The van der Waals surface area contributed by atoms with E-state index in [1.54, 1.807) is 4.57 Å². The van der Waals surface area contributed by atoms with Crippen LogP contribution in [-0.4, -0.2) is 14.8 Å². The van der Waals surface area contributed by atoms with Gasteiger partial charge < -0.3 is 5.73 Å². The minimum absolute atomic E-state index is 0.0817. The van der Waals surface area contributed by atoms with Crippen LogP contribution in [-0.2, 0) is 6.54 Å². The van der Waals surface area contributed by atoms with Gasteiger partial charge in [-0.25, -0.2) is 9.89 Å². The number of hydrogen-bond acceptors (Lipinski definition) is 4. The van der Waals surface area contributed by atoms with Crippen LogP contribution >= 0.6 is 11.8 Å². The van der Waals surface area contributed by atoms with Gasteiger partial charge in [-0.3, -0.25) is 4.57 Å². The molecule has 1 atom stereocenters. The predicted octanol–water partition coefficient (Wildman–Crippen LogP) is 2.15. The summed E-state index contributed by atoms with van der Waals surface area (Å²) in [6.07, 6.45) is 0.918. The molecule has 19 heavy (non-hydrogen) atoms. The molecule has 3 N–H and O–H groups in total. The molecule has 1 heterocycles. The highest BCUT2D eigenvalue weighted by Gasteiger charge is 2.09. The van der Waals surface area contributed by atoms with Crippen molar-refractivity contribution in [3.05, 3.63) is 40.3 Å². The first kappa shape index (κ1) is 13.9.